The maximum absolute atomic E-state index is 10.7. The Kier molecular flexibility index (Phi) is 6.99. The summed E-state index contributed by atoms with van der Waals surface area (Å²) < 4.78 is 11.8. The third-order valence-corrected chi connectivity index (χ3v) is 4.60. The van der Waals surface area contributed by atoms with Crippen LogP contribution in [-0.4, -0.2) is 42.3 Å². The minimum atomic E-state index is -0.903. The van der Waals surface area contributed by atoms with Crippen LogP contribution in [0.1, 0.15) is 40.5 Å². The van der Waals surface area contributed by atoms with Crippen LogP contribution in [0.4, 0.5) is 0 Å². The van der Waals surface area contributed by atoms with E-state index in [1.807, 2.05) is 13.0 Å². The summed E-state index contributed by atoms with van der Waals surface area (Å²) in [6.45, 7) is 9.88. The minimum Gasteiger partial charge on any atom is -0.478 e. The Bertz CT molecular complexity index is 458. The number of aliphatic hydroxyl groups excluding tert-OH is 1. The number of ether oxygens (including phenoxy) is 2. The van der Waals surface area contributed by atoms with Crippen LogP contribution in [0.3, 0.4) is 0 Å². The summed E-state index contributed by atoms with van der Waals surface area (Å²) in [7, 11) is 1.00. The molecule has 132 valence electrons. The molecule has 2 fully saturated rings. The Labute approximate surface area is 139 Å². The van der Waals surface area contributed by atoms with Crippen LogP contribution in [0.15, 0.2) is 23.8 Å². The van der Waals surface area contributed by atoms with Crippen LogP contribution in [0.25, 0.3) is 0 Å². The molecular weight excluding hydrogens is 296 g/mol. The summed E-state index contributed by atoms with van der Waals surface area (Å²) in [5, 5.41) is 15.8. The van der Waals surface area contributed by atoms with Crippen molar-refractivity contribution in [2.24, 2.45) is 17.3 Å². The molecule has 1 aliphatic heterocycles. The van der Waals surface area contributed by atoms with Gasteiger partial charge in [0.25, 0.3) is 0 Å². The third kappa shape index (κ3) is 5.16. The first-order chi connectivity index (χ1) is 10.7. The van der Waals surface area contributed by atoms with Crippen LogP contribution in [0.5, 0.6) is 0 Å². The zero-order chi connectivity index (χ0) is 17.7. The van der Waals surface area contributed by atoms with E-state index in [2.05, 4.69) is 26.8 Å². The number of carbonyl (C=O) groups is 1. The first-order valence-electron chi connectivity index (χ1n) is 8.06. The predicted molar refractivity (Wildman–Crippen MR) is 89.0 cm³/mol. The Morgan fingerprint density at radius 1 is 1.22 bits per heavy atom. The van der Waals surface area contributed by atoms with Crippen molar-refractivity contribution in [1.82, 2.24) is 0 Å². The van der Waals surface area contributed by atoms with Gasteiger partial charge in [-0.25, -0.2) is 4.79 Å². The van der Waals surface area contributed by atoms with E-state index in [1.54, 1.807) is 0 Å². The number of allylic oxidation sites excluding steroid dienone is 3. The van der Waals surface area contributed by atoms with Crippen molar-refractivity contribution in [1.29, 1.82) is 0 Å². The fourth-order valence-corrected chi connectivity index (χ4v) is 3.94. The summed E-state index contributed by atoms with van der Waals surface area (Å²) in [5.41, 5.74) is 0.821. The molecule has 0 aromatic rings. The Morgan fingerprint density at radius 3 is 2.26 bits per heavy atom. The van der Waals surface area contributed by atoms with Crippen LogP contribution in [-0.2, 0) is 14.3 Å². The Hall–Kier alpha value is -1.17. The second kappa shape index (κ2) is 8.08. The smallest absolute Gasteiger partial charge is 0.328 e. The first kappa shape index (κ1) is 19.9. The first-order valence-corrected chi connectivity index (χ1v) is 8.06. The van der Waals surface area contributed by atoms with Crippen molar-refractivity contribution in [3.63, 3.8) is 0 Å². The zero-order valence-electron chi connectivity index (χ0n) is 14.8. The van der Waals surface area contributed by atoms with Gasteiger partial charge in [-0.3, -0.25) is 0 Å². The van der Waals surface area contributed by atoms with Crippen molar-refractivity contribution >= 4 is 5.97 Å². The lowest BCUT2D eigenvalue weighted by Gasteiger charge is -2.49. The number of hydrogen-bond acceptors (Lipinski definition) is 4. The summed E-state index contributed by atoms with van der Waals surface area (Å²) in [6.07, 6.45) is 7.09. The molecule has 0 radical (unpaired) electrons. The molecule has 2 atom stereocenters. The van der Waals surface area contributed by atoms with Gasteiger partial charge >= 0.3 is 5.97 Å². The van der Waals surface area contributed by atoms with Crippen LogP contribution < -0.4 is 0 Å². The molecule has 1 spiro atoms. The molecule has 1 saturated heterocycles. The predicted octanol–water partition coefficient (Wildman–Crippen LogP) is 3.00. The molecule has 5 nitrogen and oxygen atoms in total. The fourth-order valence-electron chi connectivity index (χ4n) is 3.94. The van der Waals surface area contributed by atoms with Gasteiger partial charge in [-0.15, -0.1) is 0 Å². The van der Waals surface area contributed by atoms with Gasteiger partial charge in [-0.05, 0) is 29.7 Å². The number of aliphatic carboxylic acids is 1. The average Bonchev–Trinajstić information content (AvgIpc) is 2.85. The normalized spacial score (nSPS) is 29.4. The second-order valence-corrected chi connectivity index (χ2v) is 7.07. The Morgan fingerprint density at radius 2 is 1.78 bits per heavy atom. The van der Waals surface area contributed by atoms with Crippen molar-refractivity contribution in [2.75, 3.05) is 20.3 Å². The molecule has 2 N–H and O–H groups in total. The van der Waals surface area contributed by atoms with E-state index < -0.39 is 11.8 Å². The van der Waals surface area contributed by atoms with E-state index >= 15 is 0 Å². The highest BCUT2D eigenvalue weighted by Crippen LogP contribution is 2.51. The van der Waals surface area contributed by atoms with E-state index in [4.69, 9.17) is 19.7 Å². The second-order valence-electron chi connectivity index (χ2n) is 7.07. The molecule has 5 heteroatoms. The maximum Gasteiger partial charge on any atom is 0.328 e. The molecule has 2 rings (SSSR count). The van der Waals surface area contributed by atoms with Crippen LogP contribution >= 0.6 is 0 Å². The van der Waals surface area contributed by atoms with Gasteiger partial charge in [0.15, 0.2) is 5.79 Å². The largest absolute Gasteiger partial charge is 0.478 e. The third-order valence-electron chi connectivity index (χ3n) is 4.60. The van der Waals surface area contributed by atoms with Gasteiger partial charge < -0.3 is 19.7 Å². The summed E-state index contributed by atoms with van der Waals surface area (Å²) in [5.74, 6) is -0.493. The van der Waals surface area contributed by atoms with Crippen molar-refractivity contribution in [3.8, 4) is 0 Å². The van der Waals surface area contributed by atoms with Gasteiger partial charge in [-0.2, -0.15) is 0 Å². The van der Waals surface area contributed by atoms with Crippen molar-refractivity contribution in [2.45, 2.75) is 46.3 Å². The molecular formula is C18H30O5. The highest BCUT2D eigenvalue weighted by Gasteiger charge is 2.50. The molecule has 1 heterocycles. The minimum absolute atomic E-state index is 0.0575. The maximum atomic E-state index is 10.7. The topological polar surface area (TPSA) is 76.0 Å². The fraction of sp³-hybridized carbons (Fsp3) is 0.722. The molecule has 0 amide bonds. The molecule has 2 aliphatic rings. The van der Waals surface area contributed by atoms with Gasteiger partial charge in [0.1, 0.15) is 0 Å². The lowest BCUT2D eigenvalue weighted by Crippen LogP contribution is -2.47. The molecule has 1 saturated carbocycles. The number of carboxylic acid groups (broad SMARTS) is 1. The SMILES string of the molecule is CC(/C=C/C1C(C)CC2(CC1(C)C)OCCO2)=C\C(=O)O.CO. The highest BCUT2D eigenvalue weighted by molar-refractivity contribution is 5.81. The monoisotopic (exact) mass is 326 g/mol. The number of hydrogen-bond donors (Lipinski definition) is 2. The average molecular weight is 326 g/mol. The van der Waals surface area contributed by atoms with E-state index in [9.17, 15) is 4.79 Å². The summed E-state index contributed by atoms with van der Waals surface area (Å²) in [6, 6.07) is 0. The van der Waals surface area contributed by atoms with Gasteiger partial charge in [-0.1, -0.05) is 32.9 Å². The van der Waals surface area contributed by atoms with E-state index in [-0.39, 0.29) is 5.41 Å². The summed E-state index contributed by atoms with van der Waals surface area (Å²) in [4.78, 5) is 10.7. The zero-order valence-corrected chi connectivity index (χ0v) is 14.8. The molecule has 0 bridgehead atoms. The molecule has 0 aromatic heterocycles. The van der Waals surface area contributed by atoms with Crippen molar-refractivity contribution < 1.29 is 24.5 Å². The lowest BCUT2D eigenvalue weighted by atomic mass is 9.62. The molecule has 0 aromatic carbocycles. The summed E-state index contributed by atoms with van der Waals surface area (Å²) >= 11 is 0. The van der Waals surface area contributed by atoms with Crippen LogP contribution in [0.2, 0.25) is 0 Å². The van der Waals surface area contributed by atoms with E-state index in [1.165, 1.54) is 6.08 Å². The van der Waals surface area contributed by atoms with E-state index in [0.717, 1.165) is 25.5 Å². The van der Waals surface area contributed by atoms with Crippen molar-refractivity contribution in [3.05, 3.63) is 23.8 Å². The van der Waals surface area contributed by atoms with Gasteiger partial charge in [0, 0.05) is 26.0 Å². The van der Waals surface area contributed by atoms with Gasteiger partial charge in [0.2, 0.25) is 0 Å². The van der Waals surface area contributed by atoms with E-state index in [0.29, 0.717) is 25.0 Å². The number of rotatable bonds is 3. The lowest BCUT2D eigenvalue weighted by molar-refractivity contribution is -0.216. The number of aliphatic hydroxyl groups is 1. The highest BCUT2D eigenvalue weighted by atomic mass is 16.7. The standard InChI is InChI=1S/C17H26O4.CH4O/c1-12(9-15(18)19)5-6-14-13(2)10-17(11-16(14,3)4)20-7-8-21-17;1-2/h5-6,9,13-14H,7-8,10-11H2,1-4H3,(H,18,19);2H,1H3/b6-5+,12-9+;. The van der Waals surface area contributed by atoms with Crippen LogP contribution in [0, 0.1) is 17.3 Å². The van der Waals surface area contributed by atoms with Gasteiger partial charge in [0.05, 0.1) is 13.2 Å². The molecule has 23 heavy (non-hydrogen) atoms. The Balaban J connectivity index is 0.00000127. The molecule has 1 aliphatic carbocycles. The molecule has 2 unspecified atom stereocenters. The quantitative estimate of drug-likeness (QED) is 0.616. The number of carboxylic acids is 1.